The zero-order valence-corrected chi connectivity index (χ0v) is 9.55. The Morgan fingerprint density at radius 3 is 2.82 bits per heavy atom. The van der Waals surface area contributed by atoms with Crippen LogP contribution in [0.3, 0.4) is 0 Å². The predicted molar refractivity (Wildman–Crippen MR) is 61.6 cm³/mol. The highest BCUT2D eigenvalue weighted by Gasteiger charge is 2.12. The lowest BCUT2D eigenvalue weighted by Crippen LogP contribution is -2.14. The van der Waals surface area contributed by atoms with E-state index in [1.165, 1.54) is 30.0 Å². The van der Waals surface area contributed by atoms with Crippen LogP contribution in [0.25, 0.3) is 0 Å². The Labute approximate surface area is 102 Å². The zero-order chi connectivity index (χ0) is 12.8. The molecule has 7 heteroatoms. The van der Waals surface area contributed by atoms with Crippen LogP contribution in [0.5, 0.6) is 0 Å². The van der Waals surface area contributed by atoms with Crippen LogP contribution in [0.1, 0.15) is 5.56 Å². The van der Waals surface area contributed by atoms with Gasteiger partial charge in [0.1, 0.15) is 6.07 Å². The molecule has 0 saturated heterocycles. The maximum absolute atomic E-state index is 10.5. The number of nitriles is 1. The Kier molecular flexibility index (Phi) is 4.90. The van der Waals surface area contributed by atoms with Crippen molar-refractivity contribution in [2.75, 3.05) is 12.4 Å². The topological polar surface area (TPSA) is 107 Å². The normalized spacial score (nSPS) is 11.8. The minimum absolute atomic E-state index is 0.145. The van der Waals surface area contributed by atoms with Gasteiger partial charge in [-0.15, -0.1) is 11.8 Å². The molecule has 0 saturated carbocycles. The van der Waals surface area contributed by atoms with E-state index in [0.717, 1.165) is 0 Å². The Hall–Kier alpha value is -1.62. The smallest absolute Gasteiger partial charge is 0.270 e. The number of rotatable bonds is 5. The molecule has 1 atom stereocenters. The second-order valence-corrected chi connectivity index (χ2v) is 4.26. The molecule has 0 aliphatic carbocycles. The lowest BCUT2D eigenvalue weighted by atomic mass is 10.2. The minimum atomic E-state index is -0.873. The van der Waals surface area contributed by atoms with Crippen molar-refractivity contribution in [3.63, 3.8) is 0 Å². The first kappa shape index (κ1) is 13.4. The Balaban J connectivity index is 2.87. The summed E-state index contributed by atoms with van der Waals surface area (Å²) in [5.41, 5.74) is 0.0444. The zero-order valence-electron chi connectivity index (χ0n) is 8.74. The number of nitrogens with zero attached hydrogens (tertiary/aromatic N) is 2. The van der Waals surface area contributed by atoms with Gasteiger partial charge in [0.25, 0.3) is 5.69 Å². The van der Waals surface area contributed by atoms with Gasteiger partial charge >= 0.3 is 0 Å². The lowest BCUT2D eigenvalue weighted by Gasteiger charge is -2.07. The third kappa shape index (κ3) is 3.71. The third-order valence-corrected chi connectivity index (χ3v) is 3.15. The van der Waals surface area contributed by atoms with Crippen LogP contribution >= 0.6 is 11.8 Å². The molecule has 0 aromatic heterocycles. The van der Waals surface area contributed by atoms with Gasteiger partial charge in [-0.1, -0.05) is 0 Å². The Morgan fingerprint density at radius 2 is 2.29 bits per heavy atom. The average Bonchev–Trinajstić information content (AvgIpc) is 2.35. The maximum atomic E-state index is 10.5. The van der Waals surface area contributed by atoms with Crippen molar-refractivity contribution < 1.29 is 15.1 Å². The highest BCUT2D eigenvalue weighted by molar-refractivity contribution is 7.99. The van der Waals surface area contributed by atoms with E-state index in [9.17, 15) is 10.1 Å². The summed E-state index contributed by atoms with van der Waals surface area (Å²) in [6.07, 6.45) is -0.873. The molecule has 1 unspecified atom stereocenters. The number of nitro groups is 1. The van der Waals surface area contributed by atoms with Crippen molar-refractivity contribution >= 4 is 17.4 Å². The predicted octanol–water partition coefficient (Wildman–Crippen LogP) is 0.912. The largest absolute Gasteiger partial charge is 0.394 e. The van der Waals surface area contributed by atoms with Crippen LogP contribution in [0, 0.1) is 21.4 Å². The summed E-state index contributed by atoms with van der Waals surface area (Å²) in [6.45, 7) is -0.359. The monoisotopic (exact) mass is 254 g/mol. The van der Waals surface area contributed by atoms with Crippen LogP contribution in [-0.2, 0) is 0 Å². The highest BCUT2D eigenvalue weighted by Crippen LogP contribution is 2.26. The van der Waals surface area contributed by atoms with Gasteiger partial charge in [0.2, 0.25) is 0 Å². The maximum Gasteiger partial charge on any atom is 0.270 e. The molecule has 0 fully saturated rings. The number of aliphatic hydroxyl groups excluding tert-OH is 2. The van der Waals surface area contributed by atoms with Crippen molar-refractivity contribution in [1.29, 1.82) is 5.26 Å². The van der Waals surface area contributed by atoms with E-state index < -0.39 is 11.0 Å². The Bertz CT molecular complexity index is 458. The summed E-state index contributed by atoms with van der Waals surface area (Å²) in [5.74, 6) is 0.225. The molecule has 0 bridgehead atoms. The van der Waals surface area contributed by atoms with Crippen molar-refractivity contribution in [1.82, 2.24) is 0 Å². The van der Waals surface area contributed by atoms with Crippen LogP contribution in [0.15, 0.2) is 23.1 Å². The fourth-order valence-electron chi connectivity index (χ4n) is 1.08. The molecule has 0 aliphatic heterocycles. The second-order valence-electron chi connectivity index (χ2n) is 3.20. The molecule has 0 radical (unpaired) electrons. The molecule has 0 amide bonds. The molecule has 1 rings (SSSR count). The van der Waals surface area contributed by atoms with Crippen LogP contribution < -0.4 is 0 Å². The van der Waals surface area contributed by atoms with Gasteiger partial charge in [0.05, 0.1) is 23.2 Å². The number of benzene rings is 1. The van der Waals surface area contributed by atoms with E-state index in [2.05, 4.69) is 0 Å². The first-order valence-electron chi connectivity index (χ1n) is 4.68. The number of hydrogen-bond donors (Lipinski definition) is 2. The van der Waals surface area contributed by atoms with Crippen LogP contribution in [0.4, 0.5) is 5.69 Å². The number of non-ortho nitro benzene ring substituents is 1. The highest BCUT2D eigenvalue weighted by atomic mass is 32.2. The molecule has 0 spiro atoms. The lowest BCUT2D eigenvalue weighted by molar-refractivity contribution is -0.384. The first-order valence-corrected chi connectivity index (χ1v) is 5.67. The van der Waals surface area contributed by atoms with E-state index in [1.807, 2.05) is 6.07 Å². The average molecular weight is 254 g/mol. The van der Waals surface area contributed by atoms with E-state index >= 15 is 0 Å². The minimum Gasteiger partial charge on any atom is -0.394 e. The van der Waals surface area contributed by atoms with Crippen molar-refractivity contribution in [3.8, 4) is 6.07 Å². The van der Waals surface area contributed by atoms with E-state index in [0.29, 0.717) is 4.90 Å². The van der Waals surface area contributed by atoms with Gasteiger partial charge in [-0.3, -0.25) is 10.1 Å². The number of thioether (sulfide) groups is 1. The summed E-state index contributed by atoms with van der Waals surface area (Å²) in [4.78, 5) is 10.5. The van der Waals surface area contributed by atoms with Gasteiger partial charge < -0.3 is 10.2 Å². The summed E-state index contributed by atoms with van der Waals surface area (Å²) in [5, 5.41) is 37.2. The first-order chi connectivity index (χ1) is 8.08. The van der Waals surface area contributed by atoms with Crippen molar-refractivity contribution in [2.45, 2.75) is 11.0 Å². The molecule has 2 N–H and O–H groups in total. The van der Waals surface area contributed by atoms with Crippen LogP contribution in [-0.4, -0.2) is 33.6 Å². The molecule has 0 heterocycles. The van der Waals surface area contributed by atoms with Gasteiger partial charge in [-0.2, -0.15) is 5.26 Å². The number of aliphatic hydroxyl groups is 2. The molecule has 17 heavy (non-hydrogen) atoms. The van der Waals surface area contributed by atoms with Gasteiger partial charge in [0, 0.05) is 22.8 Å². The van der Waals surface area contributed by atoms with E-state index in [1.54, 1.807) is 0 Å². The molecular formula is C10H10N2O4S. The van der Waals surface area contributed by atoms with E-state index in [4.69, 9.17) is 15.5 Å². The summed E-state index contributed by atoms with van der Waals surface area (Å²) in [7, 11) is 0. The van der Waals surface area contributed by atoms with Crippen molar-refractivity contribution in [2.24, 2.45) is 0 Å². The van der Waals surface area contributed by atoms with Crippen LogP contribution in [0.2, 0.25) is 0 Å². The molecule has 1 aromatic carbocycles. The second kappa shape index (κ2) is 6.20. The molecule has 90 valence electrons. The standard InChI is InChI=1S/C10H10N2O4S/c11-4-7-3-8(12(15)16)1-2-10(7)17-6-9(14)5-13/h1-3,9,13-14H,5-6H2. The van der Waals surface area contributed by atoms with Gasteiger partial charge in [-0.25, -0.2) is 0 Å². The van der Waals surface area contributed by atoms with Gasteiger partial charge in [0.15, 0.2) is 0 Å². The van der Waals surface area contributed by atoms with Crippen molar-refractivity contribution in [3.05, 3.63) is 33.9 Å². The fraction of sp³-hybridized carbons (Fsp3) is 0.300. The summed E-state index contributed by atoms with van der Waals surface area (Å²) < 4.78 is 0. The van der Waals surface area contributed by atoms with Gasteiger partial charge in [-0.05, 0) is 6.07 Å². The summed E-state index contributed by atoms with van der Waals surface area (Å²) >= 11 is 1.17. The molecule has 0 aliphatic rings. The quantitative estimate of drug-likeness (QED) is 0.459. The molecule has 6 nitrogen and oxygen atoms in total. The molecular weight excluding hydrogens is 244 g/mol. The Morgan fingerprint density at radius 1 is 1.59 bits per heavy atom. The summed E-state index contributed by atoms with van der Waals surface area (Å²) in [6, 6.07) is 5.82. The fourth-order valence-corrected chi connectivity index (χ4v) is 1.99. The third-order valence-electron chi connectivity index (χ3n) is 1.94. The van der Waals surface area contributed by atoms with E-state index in [-0.39, 0.29) is 23.6 Å². The number of nitro benzene ring substituents is 1. The molecule has 1 aromatic rings. The number of hydrogen-bond acceptors (Lipinski definition) is 6. The SMILES string of the molecule is N#Cc1cc([N+](=O)[O-])ccc1SCC(O)CO.